The fourth-order valence-corrected chi connectivity index (χ4v) is 2.10. The third-order valence-corrected chi connectivity index (χ3v) is 2.93. The van der Waals surface area contributed by atoms with Crippen LogP contribution in [0.2, 0.25) is 0 Å². The molecule has 14 heavy (non-hydrogen) atoms. The Hall–Kier alpha value is -1.55. The van der Waals surface area contributed by atoms with E-state index in [1.165, 1.54) is 11.3 Å². The molecule has 0 aliphatic rings. The lowest BCUT2D eigenvalue weighted by Gasteiger charge is -2.00. The van der Waals surface area contributed by atoms with Crippen LogP contribution >= 0.6 is 11.3 Å². The minimum absolute atomic E-state index is 0.660. The zero-order valence-electron chi connectivity index (χ0n) is 7.60. The van der Waals surface area contributed by atoms with Crippen molar-refractivity contribution in [3.63, 3.8) is 0 Å². The highest BCUT2D eigenvalue weighted by atomic mass is 32.1. The lowest BCUT2D eigenvalue weighted by molar-refractivity contribution is 0.112. The SMILES string of the molecule is Cc1ncsc1-c1cnccc1C=O. The van der Waals surface area contributed by atoms with E-state index in [2.05, 4.69) is 9.97 Å². The molecule has 0 saturated carbocycles. The van der Waals surface area contributed by atoms with E-state index in [-0.39, 0.29) is 0 Å². The van der Waals surface area contributed by atoms with Gasteiger partial charge in [-0.05, 0) is 13.0 Å². The Bertz CT molecular complexity index is 465. The minimum Gasteiger partial charge on any atom is -0.298 e. The summed E-state index contributed by atoms with van der Waals surface area (Å²) in [5.41, 5.74) is 4.23. The molecule has 0 fully saturated rings. The fourth-order valence-electron chi connectivity index (χ4n) is 1.26. The number of thiazole rings is 1. The van der Waals surface area contributed by atoms with Crippen LogP contribution in [0.4, 0.5) is 0 Å². The van der Waals surface area contributed by atoms with Gasteiger partial charge < -0.3 is 0 Å². The van der Waals surface area contributed by atoms with E-state index in [0.717, 1.165) is 22.4 Å². The summed E-state index contributed by atoms with van der Waals surface area (Å²) in [5, 5.41) is 0. The van der Waals surface area contributed by atoms with Crippen LogP contribution in [0.3, 0.4) is 0 Å². The standard InChI is InChI=1S/C10H8N2OS/c1-7-10(14-6-12-7)9-4-11-3-2-8(9)5-13/h2-6H,1H3. The molecule has 4 heteroatoms. The average Bonchev–Trinajstić information content (AvgIpc) is 2.64. The number of rotatable bonds is 2. The first kappa shape index (κ1) is 9.02. The van der Waals surface area contributed by atoms with Crippen molar-refractivity contribution in [3.05, 3.63) is 35.2 Å². The third kappa shape index (κ3) is 1.44. The zero-order valence-corrected chi connectivity index (χ0v) is 8.41. The van der Waals surface area contributed by atoms with Crippen molar-refractivity contribution in [1.29, 1.82) is 0 Å². The Labute approximate surface area is 85.5 Å². The summed E-state index contributed by atoms with van der Waals surface area (Å²) >= 11 is 1.52. The van der Waals surface area contributed by atoms with Gasteiger partial charge in [-0.3, -0.25) is 9.78 Å². The Morgan fingerprint density at radius 2 is 2.36 bits per heavy atom. The van der Waals surface area contributed by atoms with Crippen LogP contribution in [0.1, 0.15) is 16.1 Å². The van der Waals surface area contributed by atoms with E-state index >= 15 is 0 Å². The highest BCUT2D eigenvalue weighted by molar-refractivity contribution is 7.13. The van der Waals surface area contributed by atoms with Gasteiger partial charge in [0.25, 0.3) is 0 Å². The number of carbonyl (C=O) groups excluding carboxylic acids is 1. The maximum absolute atomic E-state index is 10.8. The number of hydrogen-bond acceptors (Lipinski definition) is 4. The van der Waals surface area contributed by atoms with Gasteiger partial charge in [0, 0.05) is 23.5 Å². The summed E-state index contributed by atoms with van der Waals surface area (Å²) in [4.78, 5) is 20.0. The van der Waals surface area contributed by atoms with E-state index < -0.39 is 0 Å². The predicted octanol–water partition coefficient (Wildman–Crippen LogP) is 2.33. The lowest BCUT2D eigenvalue weighted by Crippen LogP contribution is -1.88. The van der Waals surface area contributed by atoms with Gasteiger partial charge in [-0.2, -0.15) is 0 Å². The topological polar surface area (TPSA) is 42.9 Å². The smallest absolute Gasteiger partial charge is 0.150 e. The van der Waals surface area contributed by atoms with Gasteiger partial charge in [0.1, 0.15) is 0 Å². The maximum atomic E-state index is 10.8. The van der Waals surface area contributed by atoms with Crippen molar-refractivity contribution in [1.82, 2.24) is 9.97 Å². The summed E-state index contributed by atoms with van der Waals surface area (Å²) in [6.07, 6.45) is 4.16. The molecule has 0 saturated heterocycles. The highest BCUT2D eigenvalue weighted by Gasteiger charge is 2.08. The fraction of sp³-hybridized carbons (Fsp3) is 0.100. The summed E-state index contributed by atoms with van der Waals surface area (Å²) in [6, 6.07) is 1.71. The molecule has 0 N–H and O–H groups in total. The van der Waals surface area contributed by atoms with Gasteiger partial charge in [-0.1, -0.05) is 0 Å². The molecular weight excluding hydrogens is 196 g/mol. The molecule has 0 amide bonds. The van der Waals surface area contributed by atoms with Gasteiger partial charge in [0.05, 0.1) is 16.1 Å². The van der Waals surface area contributed by atoms with Crippen LogP contribution in [0.25, 0.3) is 10.4 Å². The molecule has 2 rings (SSSR count). The number of nitrogens with zero attached hydrogens (tertiary/aromatic N) is 2. The van der Waals surface area contributed by atoms with E-state index in [1.807, 2.05) is 6.92 Å². The Morgan fingerprint density at radius 1 is 1.50 bits per heavy atom. The van der Waals surface area contributed by atoms with Crippen molar-refractivity contribution in [3.8, 4) is 10.4 Å². The number of aryl methyl sites for hydroxylation is 1. The van der Waals surface area contributed by atoms with Crippen LogP contribution in [0.15, 0.2) is 24.0 Å². The van der Waals surface area contributed by atoms with Gasteiger partial charge in [-0.25, -0.2) is 4.98 Å². The monoisotopic (exact) mass is 204 g/mol. The van der Waals surface area contributed by atoms with Crippen LogP contribution in [-0.2, 0) is 0 Å². The predicted molar refractivity (Wildman–Crippen MR) is 55.5 cm³/mol. The molecule has 0 atom stereocenters. The maximum Gasteiger partial charge on any atom is 0.150 e. The van der Waals surface area contributed by atoms with Crippen LogP contribution in [0, 0.1) is 6.92 Å². The summed E-state index contributed by atoms with van der Waals surface area (Å²) in [5.74, 6) is 0. The molecule has 2 aromatic heterocycles. The molecule has 0 radical (unpaired) electrons. The van der Waals surface area contributed by atoms with E-state index in [1.54, 1.807) is 24.0 Å². The van der Waals surface area contributed by atoms with Crippen molar-refractivity contribution >= 4 is 17.6 Å². The second-order valence-electron chi connectivity index (χ2n) is 2.85. The van der Waals surface area contributed by atoms with Crippen LogP contribution in [-0.4, -0.2) is 16.3 Å². The molecule has 0 spiro atoms. The molecule has 0 unspecified atom stereocenters. The van der Waals surface area contributed by atoms with Gasteiger partial charge in [-0.15, -0.1) is 11.3 Å². The first-order valence-corrected chi connectivity index (χ1v) is 5.00. The molecule has 70 valence electrons. The normalized spacial score (nSPS) is 10.1. The number of hydrogen-bond donors (Lipinski definition) is 0. The molecular formula is C10H8N2OS. The molecule has 0 aliphatic heterocycles. The quantitative estimate of drug-likeness (QED) is 0.705. The molecule has 0 bridgehead atoms. The van der Waals surface area contributed by atoms with Crippen LogP contribution < -0.4 is 0 Å². The van der Waals surface area contributed by atoms with E-state index in [4.69, 9.17) is 0 Å². The number of aromatic nitrogens is 2. The molecule has 2 heterocycles. The first-order chi connectivity index (χ1) is 6.83. The van der Waals surface area contributed by atoms with E-state index in [9.17, 15) is 4.79 Å². The van der Waals surface area contributed by atoms with Gasteiger partial charge in [0.2, 0.25) is 0 Å². The first-order valence-electron chi connectivity index (χ1n) is 4.12. The zero-order chi connectivity index (χ0) is 9.97. The molecule has 3 nitrogen and oxygen atoms in total. The summed E-state index contributed by atoms with van der Waals surface area (Å²) < 4.78 is 0. The Morgan fingerprint density at radius 3 is 3.00 bits per heavy atom. The van der Waals surface area contributed by atoms with Gasteiger partial charge in [0.15, 0.2) is 6.29 Å². The summed E-state index contributed by atoms with van der Waals surface area (Å²) in [6.45, 7) is 1.92. The second kappa shape index (κ2) is 3.67. The third-order valence-electron chi connectivity index (χ3n) is 1.97. The van der Waals surface area contributed by atoms with Crippen molar-refractivity contribution < 1.29 is 4.79 Å². The van der Waals surface area contributed by atoms with Crippen molar-refractivity contribution in [2.24, 2.45) is 0 Å². The van der Waals surface area contributed by atoms with E-state index in [0.29, 0.717) is 5.56 Å². The number of pyridine rings is 1. The number of aldehydes is 1. The van der Waals surface area contributed by atoms with Crippen LogP contribution in [0.5, 0.6) is 0 Å². The number of carbonyl (C=O) groups is 1. The molecule has 0 aromatic carbocycles. The largest absolute Gasteiger partial charge is 0.298 e. The average molecular weight is 204 g/mol. The minimum atomic E-state index is 0.660. The Kier molecular flexibility index (Phi) is 2.37. The highest BCUT2D eigenvalue weighted by Crippen LogP contribution is 2.28. The second-order valence-corrected chi connectivity index (χ2v) is 3.70. The molecule has 2 aromatic rings. The molecule has 0 aliphatic carbocycles. The Balaban J connectivity index is 2.62. The summed E-state index contributed by atoms with van der Waals surface area (Å²) in [7, 11) is 0. The lowest BCUT2D eigenvalue weighted by atomic mass is 10.1. The van der Waals surface area contributed by atoms with Crippen molar-refractivity contribution in [2.45, 2.75) is 6.92 Å². The van der Waals surface area contributed by atoms with Gasteiger partial charge >= 0.3 is 0 Å². The van der Waals surface area contributed by atoms with Crippen molar-refractivity contribution in [2.75, 3.05) is 0 Å².